The molecule has 2 heterocycles. The molecule has 4 rings (SSSR count). The second-order valence-corrected chi connectivity index (χ2v) is 5.38. The van der Waals surface area contributed by atoms with Crippen molar-refractivity contribution in [2.45, 2.75) is 6.92 Å². The number of aryl methyl sites for hydroxylation is 1. The van der Waals surface area contributed by atoms with E-state index in [0.717, 1.165) is 22.4 Å². The Morgan fingerprint density at radius 3 is 2.57 bits per heavy atom. The summed E-state index contributed by atoms with van der Waals surface area (Å²) in [5.41, 5.74) is 3.04. The maximum absolute atomic E-state index is 5.44. The van der Waals surface area contributed by atoms with Crippen LogP contribution in [0, 0.1) is 6.92 Å². The van der Waals surface area contributed by atoms with E-state index < -0.39 is 0 Å². The van der Waals surface area contributed by atoms with Crippen molar-refractivity contribution < 1.29 is 4.42 Å². The number of hydrogen-bond donors (Lipinski definition) is 1. The molecule has 4 aromatic rings. The first-order valence-corrected chi connectivity index (χ1v) is 7.44. The van der Waals surface area contributed by atoms with Gasteiger partial charge in [-0.25, -0.2) is 9.97 Å². The summed E-state index contributed by atoms with van der Waals surface area (Å²) in [7, 11) is 0. The van der Waals surface area contributed by atoms with Crippen LogP contribution in [0.1, 0.15) is 5.56 Å². The standard InChI is InChI=1S/C19H15N3O/c1-13-9-10-16-15(12-13)18(20-14-6-3-2-4-7-14)22-19(21-16)17-8-5-11-23-17/h2-12H,1H3,(H,20,21,22). The number of rotatable bonds is 3. The maximum atomic E-state index is 5.44. The van der Waals surface area contributed by atoms with Gasteiger partial charge in [0.05, 0.1) is 11.8 Å². The molecule has 0 amide bonds. The van der Waals surface area contributed by atoms with Gasteiger partial charge in [0.25, 0.3) is 0 Å². The molecule has 0 saturated carbocycles. The lowest BCUT2D eigenvalue weighted by Gasteiger charge is -2.10. The molecule has 0 aliphatic carbocycles. The maximum Gasteiger partial charge on any atom is 0.198 e. The minimum absolute atomic E-state index is 0.574. The second kappa shape index (κ2) is 5.57. The summed E-state index contributed by atoms with van der Waals surface area (Å²) in [5.74, 6) is 2.00. The Morgan fingerprint density at radius 1 is 0.913 bits per heavy atom. The fourth-order valence-electron chi connectivity index (χ4n) is 2.51. The van der Waals surface area contributed by atoms with Gasteiger partial charge < -0.3 is 9.73 Å². The van der Waals surface area contributed by atoms with Crippen molar-refractivity contribution in [3.8, 4) is 11.6 Å². The van der Waals surface area contributed by atoms with Crippen molar-refractivity contribution in [1.82, 2.24) is 9.97 Å². The number of aromatic nitrogens is 2. The minimum atomic E-state index is 0.574. The Labute approximate surface area is 133 Å². The Morgan fingerprint density at radius 2 is 1.78 bits per heavy atom. The van der Waals surface area contributed by atoms with E-state index >= 15 is 0 Å². The molecule has 2 aromatic carbocycles. The van der Waals surface area contributed by atoms with Crippen molar-refractivity contribution in [2.24, 2.45) is 0 Å². The summed E-state index contributed by atoms with van der Waals surface area (Å²) in [6.45, 7) is 2.06. The molecule has 4 nitrogen and oxygen atoms in total. The molecule has 112 valence electrons. The van der Waals surface area contributed by atoms with E-state index in [1.807, 2.05) is 54.6 Å². The average Bonchev–Trinajstić information content (AvgIpc) is 3.11. The average molecular weight is 301 g/mol. The van der Waals surface area contributed by atoms with Crippen LogP contribution in [0.25, 0.3) is 22.5 Å². The number of nitrogens with zero attached hydrogens (tertiary/aromatic N) is 2. The van der Waals surface area contributed by atoms with E-state index in [4.69, 9.17) is 4.42 Å². The summed E-state index contributed by atoms with van der Waals surface area (Å²) in [6.07, 6.45) is 1.63. The first-order chi connectivity index (χ1) is 11.3. The molecule has 4 heteroatoms. The minimum Gasteiger partial charge on any atom is -0.461 e. The van der Waals surface area contributed by atoms with Gasteiger partial charge in [-0.15, -0.1) is 0 Å². The molecular weight excluding hydrogens is 286 g/mol. The number of nitrogens with one attached hydrogen (secondary N) is 1. The van der Waals surface area contributed by atoms with Crippen LogP contribution in [-0.4, -0.2) is 9.97 Å². The third kappa shape index (κ3) is 2.66. The number of hydrogen-bond acceptors (Lipinski definition) is 4. The lowest BCUT2D eigenvalue weighted by atomic mass is 10.1. The van der Waals surface area contributed by atoms with Gasteiger partial charge in [-0.3, -0.25) is 0 Å². The van der Waals surface area contributed by atoms with Crippen LogP contribution in [-0.2, 0) is 0 Å². The number of benzene rings is 2. The molecule has 0 unspecified atom stereocenters. The normalized spacial score (nSPS) is 10.8. The topological polar surface area (TPSA) is 51.0 Å². The van der Waals surface area contributed by atoms with Gasteiger partial charge in [-0.1, -0.05) is 29.8 Å². The molecular formula is C19H15N3O. The van der Waals surface area contributed by atoms with E-state index in [1.165, 1.54) is 5.56 Å². The van der Waals surface area contributed by atoms with E-state index in [1.54, 1.807) is 6.26 Å². The fraction of sp³-hybridized carbons (Fsp3) is 0.0526. The first kappa shape index (κ1) is 13.5. The molecule has 1 N–H and O–H groups in total. The number of fused-ring (bicyclic) bond motifs is 1. The second-order valence-electron chi connectivity index (χ2n) is 5.38. The highest BCUT2D eigenvalue weighted by atomic mass is 16.3. The first-order valence-electron chi connectivity index (χ1n) is 7.44. The van der Waals surface area contributed by atoms with Crippen molar-refractivity contribution in [3.63, 3.8) is 0 Å². The highest BCUT2D eigenvalue weighted by Crippen LogP contribution is 2.28. The van der Waals surface area contributed by atoms with Crippen molar-refractivity contribution >= 4 is 22.4 Å². The predicted molar refractivity (Wildman–Crippen MR) is 91.7 cm³/mol. The summed E-state index contributed by atoms with van der Waals surface area (Å²) in [4.78, 5) is 9.28. The predicted octanol–water partition coefficient (Wildman–Crippen LogP) is 4.94. The largest absolute Gasteiger partial charge is 0.461 e. The summed E-state index contributed by atoms with van der Waals surface area (Å²) in [6, 6.07) is 19.8. The molecule has 0 bridgehead atoms. The number of anilines is 2. The Bertz CT molecular complexity index is 947. The van der Waals surface area contributed by atoms with Crippen LogP contribution < -0.4 is 5.32 Å². The summed E-state index contributed by atoms with van der Waals surface area (Å²) >= 11 is 0. The van der Waals surface area contributed by atoms with Gasteiger partial charge in [-0.2, -0.15) is 0 Å². The van der Waals surface area contributed by atoms with Crippen LogP contribution in [0.3, 0.4) is 0 Å². The van der Waals surface area contributed by atoms with E-state index in [0.29, 0.717) is 11.6 Å². The van der Waals surface area contributed by atoms with Gasteiger partial charge in [0.1, 0.15) is 5.82 Å². The number of furan rings is 1. The molecule has 0 saturated heterocycles. The SMILES string of the molecule is Cc1ccc2nc(-c3ccco3)nc(Nc3ccccc3)c2c1. The summed E-state index contributed by atoms with van der Waals surface area (Å²) in [5, 5.41) is 4.37. The Hall–Kier alpha value is -3.14. The molecule has 0 fully saturated rings. The highest BCUT2D eigenvalue weighted by Gasteiger charge is 2.11. The quantitative estimate of drug-likeness (QED) is 0.582. The summed E-state index contributed by atoms with van der Waals surface area (Å²) < 4.78 is 5.44. The lowest BCUT2D eigenvalue weighted by molar-refractivity contribution is 0.577. The van der Waals surface area contributed by atoms with Crippen LogP contribution in [0.5, 0.6) is 0 Å². The van der Waals surface area contributed by atoms with Crippen LogP contribution in [0.4, 0.5) is 11.5 Å². The third-order valence-electron chi connectivity index (χ3n) is 3.63. The molecule has 0 aliphatic rings. The molecule has 0 radical (unpaired) electrons. The zero-order valence-corrected chi connectivity index (χ0v) is 12.7. The highest BCUT2D eigenvalue weighted by molar-refractivity contribution is 5.92. The van der Waals surface area contributed by atoms with Gasteiger partial charge in [0, 0.05) is 11.1 Å². The molecule has 2 aromatic heterocycles. The molecule has 23 heavy (non-hydrogen) atoms. The lowest BCUT2D eigenvalue weighted by Crippen LogP contribution is -1.99. The van der Waals surface area contributed by atoms with Crippen molar-refractivity contribution in [3.05, 3.63) is 72.5 Å². The van der Waals surface area contributed by atoms with Crippen LogP contribution in [0.15, 0.2) is 71.3 Å². The van der Waals surface area contributed by atoms with Crippen molar-refractivity contribution in [1.29, 1.82) is 0 Å². The zero-order chi connectivity index (χ0) is 15.6. The molecule has 0 spiro atoms. The third-order valence-corrected chi connectivity index (χ3v) is 3.63. The molecule has 0 aliphatic heterocycles. The van der Waals surface area contributed by atoms with Gasteiger partial charge in [0.15, 0.2) is 11.6 Å². The van der Waals surface area contributed by atoms with Gasteiger partial charge in [-0.05, 0) is 43.3 Å². The van der Waals surface area contributed by atoms with Crippen molar-refractivity contribution in [2.75, 3.05) is 5.32 Å². The van der Waals surface area contributed by atoms with Gasteiger partial charge in [0.2, 0.25) is 0 Å². The van der Waals surface area contributed by atoms with E-state index in [-0.39, 0.29) is 0 Å². The van der Waals surface area contributed by atoms with Crippen LogP contribution in [0.2, 0.25) is 0 Å². The van der Waals surface area contributed by atoms with E-state index in [9.17, 15) is 0 Å². The Kier molecular flexibility index (Phi) is 3.27. The number of para-hydroxylation sites is 1. The monoisotopic (exact) mass is 301 g/mol. The van der Waals surface area contributed by atoms with E-state index in [2.05, 4.69) is 28.3 Å². The van der Waals surface area contributed by atoms with Gasteiger partial charge >= 0.3 is 0 Å². The van der Waals surface area contributed by atoms with Crippen LogP contribution >= 0.6 is 0 Å². The zero-order valence-electron chi connectivity index (χ0n) is 12.7. The Balaban J connectivity index is 1.90. The molecule has 0 atom stereocenters. The fourth-order valence-corrected chi connectivity index (χ4v) is 2.51. The smallest absolute Gasteiger partial charge is 0.198 e.